The Hall–Kier alpha value is -9.23. The number of pyridine rings is 1. The van der Waals surface area contributed by atoms with Gasteiger partial charge in [-0.1, -0.05) is 94.1 Å². The number of aromatic amines is 1. The molecule has 4 aromatic carbocycles. The number of H-pyrrole nitrogens is 1. The second kappa shape index (κ2) is 35.8. The number of nitro benzene ring substituents is 1. The monoisotopic (exact) mass is 1660 g/mol. The van der Waals surface area contributed by atoms with Crippen LogP contribution in [0.25, 0.3) is 27.0 Å². The lowest BCUT2D eigenvalue weighted by Gasteiger charge is -2.44. The van der Waals surface area contributed by atoms with Gasteiger partial charge in [0.2, 0.25) is 29.5 Å². The molecule has 7 aromatic rings. The molecule has 7 aliphatic rings. The van der Waals surface area contributed by atoms with Gasteiger partial charge in [-0.05, 0) is 173 Å². The number of carbonyl (C=O) groups excluding carboxylic acids is 5. The predicted molar refractivity (Wildman–Crippen MR) is 454 cm³/mol. The Morgan fingerprint density at radius 1 is 0.838 bits per heavy atom. The van der Waals surface area contributed by atoms with E-state index in [-0.39, 0.29) is 84.1 Å². The number of halogens is 1. The first kappa shape index (κ1) is 84.2. The normalized spacial score (nSPS) is 22.7. The van der Waals surface area contributed by atoms with Gasteiger partial charge in [-0.15, -0.1) is 11.3 Å². The number of unbranched alkanes of at least 4 members (excludes halogenated alkanes) is 3. The fraction of sp³-hybridized carbons (Fsp3) is 0.529. The van der Waals surface area contributed by atoms with E-state index in [4.69, 9.17) is 26.1 Å². The first-order valence-corrected chi connectivity index (χ1v) is 44.2. The number of piperazine rings is 2. The van der Waals surface area contributed by atoms with Crippen molar-refractivity contribution in [1.29, 1.82) is 0 Å². The van der Waals surface area contributed by atoms with Crippen LogP contribution in [0.3, 0.4) is 0 Å². The number of nitrogens with zero attached hydrogens (tertiary/aromatic N) is 9. The van der Waals surface area contributed by atoms with Gasteiger partial charge in [0.25, 0.3) is 21.6 Å². The molecule has 0 bridgehead atoms. The summed E-state index contributed by atoms with van der Waals surface area (Å²) in [4.78, 5) is 108. The van der Waals surface area contributed by atoms with Gasteiger partial charge >= 0.3 is 0 Å². The van der Waals surface area contributed by atoms with E-state index in [1.807, 2.05) is 118 Å². The molecule has 3 saturated heterocycles. The van der Waals surface area contributed by atoms with E-state index in [1.54, 1.807) is 23.6 Å². The van der Waals surface area contributed by atoms with Crippen LogP contribution in [0.1, 0.15) is 177 Å². The van der Waals surface area contributed by atoms with E-state index in [1.165, 1.54) is 22.1 Å². The number of hydrogen-bond donors (Lipinski definition) is 7. The minimum atomic E-state index is -4.75. The molecule has 626 valence electrons. The van der Waals surface area contributed by atoms with Crippen LogP contribution in [0, 0.1) is 33.8 Å². The Morgan fingerprint density at radius 2 is 1.56 bits per heavy atom. The van der Waals surface area contributed by atoms with Crippen molar-refractivity contribution in [3.8, 4) is 22.1 Å². The van der Waals surface area contributed by atoms with E-state index < -0.39 is 66.5 Å². The molecule has 1 saturated carbocycles. The molecule has 5 aliphatic heterocycles. The average Bonchev–Trinajstić information content (AvgIpc) is 1.36. The van der Waals surface area contributed by atoms with Crippen LogP contribution in [-0.2, 0) is 29.2 Å². The van der Waals surface area contributed by atoms with Gasteiger partial charge in [-0.2, -0.15) is 4.98 Å². The standard InChI is InChI=1S/C87H111ClN14O13S2/c1-55(58-15-17-60(18-16-58)78-56(2)90-54-116-78)91-82(107)72-46-66(103)51-101(72)84(108)79(85(3,4)5)93-75(104)13-10-8-9-11-14-76(105)99-40-36-97(37-41-99)53-86(6)29-27-62(69(49-86)59-19-21-63(88)22-20-59)50-96-34-38-98(39-35-96)65-23-24-68(70(45-65)100-33-12-42-114-83-73(100)44-61-28-32-89-80(61)94-83)81(106)95-117(112,113)67-47-71(102(110)111)77-74(48-67)115-52-64(92-77)43-57-25-30-87(7,109)31-26-57/h15-24,28,32,44-45,47-48,54-55,57,64,66,72,79,92,103,109H,8-14,25-27,29-31,33-43,46,49-53H2,1-7H3,(H,89,94)(H,91,107)(H,93,104)(H,95,106)/t55-,57?,64-,66+,72-,79+,86+,87?/m0/s1. The van der Waals surface area contributed by atoms with E-state index in [0.717, 1.165) is 129 Å². The van der Waals surface area contributed by atoms with Gasteiger partial charge in [0.1, 0.15) is 30.0 Å². The van der Waals surface area contributed by atoms with Crippen LogP contribution >= 0.6 is 22.9 Å². The molecule has 30 heteroatoms. The molecule has 0 spiro atoms. The molecule has 6 atom stereocenters. The van der Waals surface area contributed by atoms with E-state index >= 15 is 0 Å². The van der Waals surface area contributed by atoms with E-state index in [9.17, 15) is 52.7 Å². The number of rotatable bonds is 26. The summed E-state index contributed by atoms with van der Waals surface area (Å²) in [6.45, 7) is 22.0. The number of aryl methyl sites for hydroxylation is 1. The molecule has 0 unspecified atom stereocenters. The molecule has 2 aliphatic carbocycles. The number of anilines is 4. The number of fused-ring (bicyclic) bond motifs is 3. The molecule has 0 radical (unpaired) electrons. The number of benzene rings is 4. The maximum atomic E-state index is 14.8. The molecule has 14 rings (SSSR count). The number of likely N-dealkylation sites (tertiary alicyclic amines) is 1. The third kappa shape index (κ3) is 20.1. The summed E-state index contributed by atoms with van der Waals surface area (Å²) in [5.74, 6) is -1.20. The summed E-state index contributed by atoms with van der Waals surface area (Å²) in [7, 11) is -4.75. The highest BCUT2D eigenvalue weighted by Crippen LogP contribution is 2.47. The first-order chi connectivity index (χ1) is 55.9. The third-order valence-corrected chi connectivity index (χ3v) is 27.3. The lowest BCUT2D eigenvalue weighted by atomic mass is 9.70. The summed E-state index contributed by atoms with van der Waals surface area (Å²) >= 11 is 8.10. The van der Waals surface area contributed by atoms with Crippen molar-refractivity contribution >= 4 is 108 Å². The van der Waals surface area contributed by atoms with Gasteiger partial charge in [0.15, 0.2) is 11.4 Å². The SMILES string of the molecule is Cc1ncsc1-c1ccc([C@H](C)NC(=O)[C@@H]2C[C@@H](O)CN2C(=O)[C@@H](NC(=O)CCCCCCC(=O)N2CCN(C[C@]3(C)CCC(CN4CCN(c5ccc(C(=O)NS(=O)(=O)c6cc7c(c([N+](=O)[O-])c6)N[C@@H](CC6CCC(C)(O)CC6)CO7)c(N6CCCOc7nc8[nH]ccc8cc76)c5)CC4)=C(c4ccc(Cl)cc4)C3)CC2)C(C)(C)C)cc1. The summed E-state index contributed by atoms with van der Waals surface area (Å²) in [6.07, 6.45) is 11.4. The quantitative estimate of drug-likeness (QED) is 0.0150. The summed E-state index contributed by atoms with van der Waals surface area (Å²) in [5, 5.41) is 44.8. The number of carbonyl (C=O) groups is 5. The van der Waals surface area contributed by atoms with Crippen LogP contribution in [0.4, 0.5) is 28.4 Å². The molecule has 27 nitrogen and oxygen atoms in total. The number of amides is 5. The second-order valence-electron chi connectivity index (χ2n) is 34.9. The Morgan fingerprint density at radius 3 is 2.26 bits per heavy atom. The number of β-amino-alcohol motifs (C(OH)–C–C–N with tert-alkyl or cyclic N) is 1. The van der Waals surface area contributed by atoms with Gasteiger partial charge in [-0.3, -0.25) is 43.9 Å². The fourth-order valence-electron chi connectivity index (χ4n) is 18.0. The van der Waals surface area contributed by atoms with Crippen LogP contribution in [-0.4, -0.2) is 209 Å². The van der Waals surface area contributed by atoms with Crippen molar-refractivity contribution in [1.82, 2.24) is 49.9 Å². The van der Waals surface area contributed by atoms with Crippen LogP contribution in [0.15, 0.2) is 113 Å². The maximum Gasteiger partial charge on any atom is 0.297 e. The van der Waals surface area contributed by atoms with Gasteiger partial charge in [0.05, 0.1) is 67.5 Å². The average molecular weight is 1660 g/mol. The highest BCUT2D eigenvalue weighted by atomic mass is 35.5. The van der Waals surface area contributed by atoms with Gasteiger partial charge in [-0.25, -0.2) is 18.1 Å². The smallest absolute Gasteiger partial charge is 0.297 e. The van der Waals surface area contributed by atoms with Crippen molar-refractivity contribution in [2.24, 2.45) is 16.7 Å². The number of nitrogens with one attached hydrogen (secondary N) is 5. The van der Waals surface area contributed by atoms with Crippen molar-refractivity contribution in [2.75, 3.05) is 107 Å². The number of hydrogen-bond acceptors (Lipinski definition) is 21. The number of ether oxygens (including phenoxy) is 2. The fourth-order valence-corrected chi connectivity index (χ4v) is 19.9. The Bertz CT molecular complexity index is 4950. The Labute approximate surface area is 693 Å². The Balaban J connectivity index is 0.561. The molecule has 3 aromatic heterocycles. The van der Waals surface area contributed by atoms with Crippen molar-refractivity contribution in [2.45, 2.75) is 192 Å². The van der Waals surface area contributed by atoms with E-state index in [2.05, 4.69) is 64.4 Å². The van der Waals surface area contributed by atoms with Crippen molar-refractivity contribution in [3.05, 3.63) is 146 Å². The maximum absolute atomic E-state index is 14.8. The van der Waals surface area contributed by atoms with Gasteiger partial charge < -0.3 is 60.2 Å². The van der Waals surface area contributed by atoms with Crippen LogP contribution in [0.2, 0.25) is 5.02 Å². The lowest BCUT2D eigenvalue weighted by Crippen LogP contribution is -2.57. The molecule has 5 amide bonds. The molecule has 4 fully saturated rings. The van der Waals surface area contributed by atoms with Gasteiger partial charge in [0, 0.05) is 132 Å². The summed E-state index contributed by atoms with van der Waals surface area (Å²) < 4.78 is 43.5. The first-order valence-electron chi connectivity index (χ1n) is 41.5. The number of nitro groups is 1. The zero-order valence-electron chi connectivity index (χ0n) is 68.1. The molecular formula is C87H111ClN14O13S2. The van der Waals surface area contributed by atoms with Crippen molar-refractivity contribution in [3.63, 3.8) is 0 Å². The number of allylic oxidation sites excluding steroid dienone is 1. The number of aliphatic hydroxyl groups excluding tert-OH is 1. The number of aromatic nitrogens is 3. The zero-order chi connectivity index (χ0) is 82.7. The summed E-state index contributed by atoms with van der Waals surface area (Å²) in [5.41, 5.74) is 9.29. The molecular weight excluding hydrogens is 1550 g/mol. The lowest BCUT2D eigenvalue weighted by molar-refractivity contribution is -0.384. The molecule has 8 heterocycles. The summed E-state index contributed by atoms with van der Waals surface area (Å²) in [6, 6.07) is 25.1. The Kier molecular flexibility index (Phi) is 25.7. The van der Waals surface area contributed by atoms with E-state index in [0.29, 0.717) is 112 Å². The van der Waals surface area contributed by atoms with Crippen molar-refractivity contribution < 1.29 is 57.0 Å². The minimum Gasteiger partial charge on any atom is -0.489 e. The minimum absolute atomic E-state index is 0.00854. The highest BCUT2D eigenvalue weighted by Gasteiger charge is 2.46. The van der Waals surface area contributed by atoms with Crippen LogP contribution < -0.4 is 39.9 Å². The van der Waals surface area contributed by atoms with Crippen LogP contribution in [0.5, 0.6) is 11.6 Å². The predicted octanol–water partition coefficient (Wildman–Crippen LogP) is 12.7. The molecule has 7 N–H and O–H groups in total. The highest BCUT2D eigenvalue weighted by molar-refractivity contribution is 7.90. The third-order valence-electron chi connectivity index (χ3n) is 24.8. The number of thiazole rings is 1. The zero-order valence-corrected chi connectivity index (χ0v) is 70.5. The number of sulfonamides is 1. The number of aliphatic hydroxyl groups is 2. The second-order valence-corrected chi connectivity index (χ2v) is 37.9. The largest absolute Gasteiger partial charge is 0.489 e. The molecule has 117 heavy (non-hydrogen) atoms. The topological polar surface area (TPSA) is 331 Å².